The van der Waals surface area contributed by atoms with Crippen LogP contribution >= 0.6 is 12.4 Å². The van der Waals surface area contributed by atoms with Crippen molar-refractivity contribution < 1.29 is 4.79 Å². The summed E-state index contributed by atoms with van der Waals surface area (Å²) in [6.45, 7) is 1.71. The highest BCUT2D eigenvalue weighted by Gasteiger charge is 2.22. The van der Waals surface area contributed by atoms with Crippen LogP contribution in [0.25, 0.3) is 0 Å². The third kappa shape index (κ3) is 3.53. The SMILES string of the molecule is Cl.O=C(CC1CCC1)NCC1NCCc2ccccc21. The predicted molar refractivity (Wildman–Crippen MR) is 83.1 cm³/mol. The molecular formula is C16H23ClN2O. The van der Waals surface area contributed by atoms with Gasteiger partial charge in [-0.25, -0.2) is 0 Å². The molecule has 0 bridgehead atoms. The second kappa shape index (κ2) is 7.09. The van der Waals surface area contributed by atoms with Crippen molar-refractivity contribution in [1.82, 2.24) is 10.6 Å². The molecule has 1 unspecified atom stereocenters. The zero-order valence-electron chi connectivity index (χ0n) is 11.7. The molecule has 2 aliphatic rings. The molecule has 3 nitrogen and oxygen atoms in total. The number of fused-ring (bicyclic) bond motifs is 1. The van der Waals surface area contributed by atoms with Gasteiger partial charge in [0.2, 0.25) is 5.91 Å². The van der Waals surface area contributed by atoms with Crippen LogP contribution in [-0.4, -0.2) is 19.0 Å². The summed E-state index contributed by atoms with van der Waals surface area (Å²) in [7, 11) is 0. The topological polar surface area (TPSA) is 41.1 Å². The summed E-state index contributed by atoms with van der Waals surface area (Å²) in [5.41, 5.74) is 2.76. The highest BCUT2D eigenvalue weighted by molar-refractivity contribution is 5.85. The highest BCUT2D eigenvalue weighted by atomic mass is 35.5. The minimum atomic E-state index is 0. The monoisotopic (exact) mass is 294 g/mol. The first-order chi connectivity index (χ1) is 9.33. The zero-order chi connectivity index (χ0) is 13.1. The van der Waals surface area contributed by atoms with E-state index in [2.05, 4.69) is 34.9 Å². The Hall–Kier alpha value is -1.06. The summed E-state index contributed by atoms with van der Waals surface area (Å²) >= 11 is 0. The summed E-state index contributed by atoms with van der Waals surface area (Å²) < 4.78 is 0. The van der Waals surface area contributed by atoms with Crippen LogP contribution in [0, 0.1) is 5.92 Å². The van der Waals surface area contributed by atoms with Crippen LogP contribution in [0.2, 0.25) is 0 Å². The minimum Gasteiger partial charge on any atom is -0.354 e. The van der Waals surface area contributed by atoms with Crippen LogP contribution in [0.3, 0.4) is 0 Å². The van der Waals surface area contributed by atoms with Crippen molar-refractivity contribution in [2.24, 2.45) is 5.92 Å². The summed E-state index contributed by atoms with van der Waals surface area (Å²) in [6.07, 6.45) is 5.57. The molecule has 20 heavy (non-hydrogen) atoms. The number of hydrogen-bond donors (Lipinski definition) is 2. The van der Waals surface area contributed by atoms with E-state index in [0.717, 1.165) is 13.0 Å². The second-order valence-electron chi connectivity index (χ2n) is 5.76. The molecule has 1 aromatic rings. The van der Waals surface area contributed by atoms with E-state index in [0.29, 0.717) is 18.9 Å². The number of nitrogens with one attached hydrogen (secondary N) is 2. The van der Waals surface area contributed by atoms with Gasteiger partial charge >= 0.3 is 0 Å². The van der Waals surface area contributed by atoms with E-state index in [1.165, 1.54) is 30.4 Å². The molecule has 1 heterocycles. The number of halogens is 1. The number of carbonyl (C=O) groups excluding carboxylic acids is 1. The summed E-state index contributed by atoms with van der Waals surface area (Å²) in [4.78, 5) is 11.9. The van der Waals surface area contributed by atoms with E-state index in [4.69, 9.17) is 0 Å². The average molecular weight is 295 g/mol. The Balaban J connectivity index is 0.00000147. The van der Waals surface area contributed by atoms with Crippen molar-refractivity contribution in [3.63, 3.8) is 0 Å². The fourth-order valence-electron chi connectivity index (χ4n) is 3.02. The average Bonchev–Trinajstić information content (AvgIpc) is 2.40. The van der Waals surface area contributed by atoms with Gasteiger partial charge in [-0.1, -0.05) is 30.7 Å². The lowest BCUT2D eigenvalue weighted by Crippen LogP contribution is -2.39. The first kappa shape index (κ1) is 15.3. The van der Waals surface area contributed by atoms with E-state index >= 15 is 0 Å². The van der Waals surface area contributed by atoms with Gasteiger partial charge in [0.25, 0.3) is 0 Å². The van der Waals surface area contributed by atoms with Gasteiger partial charge in [-0.3, -0.25) is 4.79 Å². The van der Waals surface area contributed by atoms with Crippen LogP contribution in [0.5, 0.6) is 0 Å². The molecule has 0 aromatic heterocycles. The maximum Gasteiger partial charge on any atom is 0.220 e. The van der Waals surface area contributed by atoms with E-state index in [1.807, 2.05) is 0 Å². The highest BCUT2D eigenvalue weighted by Crippen LogP contribution is 2.29. The van der Waals surface area contributed by atoms with Gasteiger partial charge in [0.1, 0.15) is 0 Å². The fraction of sp³-hybridized carbons (Fsp3) is 0.562. The first-order valence-electron chi connectivity index (χ1n) is 7.41. The molecule has 1 amide bonds. The molecule has 1 aliphatic carbocycles. The van der Waals surface area contributed by atoms with Gasteiger partial charge in [-0.2, -0.15) is 0 Å². The van der Waals surface area contributed by atoms with Gasteiger partial charge in [0.15, 0.2) is 0 Å². The molecule has 2 N–H and O–H groups in total. The fourth-order valence-corrected chi connectivity index (χ4v) is 3.02. The number of carbonyl (C=O) groups is 1. The third-order valence-electron chi connectivity index (χ3n) is 4.42. The predicted octanol–water partition coefficient (Wildman–Crippen LogP) is 2.60. The lowest BCUT2D eigenvalue weighted by molar-refractivity contribution is -0.122. The summed E-state index contributed by atoms with van der Waals surface area (Å²) in [5, 5.41) is 6.59. The van der Waals surface area contributed by atoms with Crippen molar-refractivity contribution in [2.45, 2.75) is 38.1 Å². The largest absolute Gasteiger partial charge is 0.354 e. The van der Waals surface area contributed by atoms with Crippen molar-refractivity contribution in [1.29, 1.82) is 0 Å². The van der Waals surface area contributed by atoms with Gasteiger partial charge in [-0.05, 0) is 42.9 Å². The Morgan fingerprint density at radius 1 is 1.30 bits per heavy atom. The Morgan fingerprint density at radius 3 is 2.85 bits per heavy atom. The van der Waals surface area contributed by atoms with E-state index in [9.17, 15) is 4.79 Å². The standard InChI is InChI=1S/C16H22N2O.ClH/c19-16(10-12-4-3-5-12)18-11-15-14-7-2-1-6-13(14)8-9-17-15;/h1-2,6-7,12,15,17H,3-5,8-11H2,(H,18,19);1H. The van der Waals surface area contributed by atoms with Crippen LogP contribution < -0.4 is 10.6 Å². The second-order valence-corrected chi connectivity index (χ2v) is 5.76. The van der Waals surface area contributed by atoms with E-state index in [1.54, 1.807) is 0 Å². The normalized spacial score (nSPS) is 21.3. The maximum absolute atomic E-state index is 11.9. The Bertz CT molecular complexity index is 460. The van der Waals surface area contributed by atoms with Crippen molar-refractivity contribution >= 4 is 18.3 Å². The molecule has 0 spiro atoms. The van der Waals surface area contributed by atoms with Crippen molar-refractivity contribution in [3.8, 4) is 0 Å². The zero-order valence-corrected chi connectivity index (χ0v) is 12.5. The molecule has 4 heteroatoms. The lowest BCUT2D eigenvalue weighted by Gasteiger charge is -2.28. The summed E-state index contributed by atoms with van der Waals surface area (Å²) in [5.74, 6) is 0.862. The van der Waals surface area contributed by atoms with Crippen LogP contribution in [0.15, 0.2) is 24.3 Å². The van der Waals surface area contributed by atoms with E-state index < -0.39 is 0 Å². The Labute approximate surface area is 126 Å². The lowest BCUT2D eigenvalue weighted by atomic mass is 9.83. The van der Waals surface area contributed by atoms with Crippen molar-refractivity contribution in [2.75, 3.05) is 13.1 Å². The van der Waals surface area contributed by atoms with Gasteiger partial charge in [0.05, 0.1) is 0 Å². The van der Waals surface area contributed by atoms with Crippen LogP contribution in [0.4, 0.5) is 0 Å². The molecule has 1 aromatic carbocycles. The van der Waals surface area contributed by atoms with Gasteiger partial charge < -0.3 is 10.6 Å². The molecule has 3 rings (SSSR count). The van der Waals surface area contributed by atoms with Crippen LogP contribution in [-0.2, 0) is 11.2 Å². The number of hydrogen-bond acceptors (Lipinski definition) is 2. The Kier molecular flexibility index (Phi) is 5.44. The molecule has 110 valence electrons. The quantitative estimate of drug-likeness (QED) is 0.896. The van der Waals surface area contributed by atoms with Crippen molar-refractivity contribution in [3.05, 3.63) is 35.4 Å². The molecule has 0 saturated heterocycles. The van der Waals surface area contributed by atoms with Crippen LogP contribution in [0.1, 0.15) is 42.9 Å². The minimum absolute atomic E-state index is 0. The number of benzene rings is 1. The molecule has 1 aliphatic heterocycles. The maximum atomic E-state index is 11.9. The number of amides is 1. The molecule has 1 saturated carbocycles. The van der Waals surface area contributed by atoms with Gasteiger partial charge in [0, 0.05) is 19.0 Å². The number of rotatable bonds is 4. The third-order valence-corrected chi connectivity index (χ3v) is 4.42. The smallest absolute Gasteiger partial charge is 0.220 e. The van der Waals surface area contributed by atoms with Gasteiger partial charge in [-0.15, -0.1) is 12.4 Å². The molecule has 0 radical (unpaired) electrons. The molecule has 1 atom stereocenters. The molecule has 1 fully saturated rings. The summed E-state index contributed by atoms with van der Waals surface area (Å²) in [6, 6.07) is 8.81. The molecular weight excluding hydrogens is 272 g/mol. The Morgan fingerprint density at radius 2 is 2.10 bits per heavy atom. The van der Waals surface area contributed by atoms with E-state index in [-0.39, 0.29) is 24.4 Å². The first-order valence-corrected chi connectivity index (χ1v) is 7.41.